The smallest absolute Gasteiger partial charge is 0.229 e. The molecule has 128 valence electrons. The minimum Gasteiger partial charge on any atom is -0.504 e. The van der Waals surface area contributed by atoms with Crippen LogP contribution in [0.5, 0.6) is 5.75 Å². The third kappa shape index (κ3) is 3.56. The number of aromatic nitrogens is 1. The van der Waals surface area contributed by atoms with E-state index in [4.69, 9.17) is 4.74 Å². The number of allylic oxidation sites excluding steroid dienone is 2. The van der Waals surface area contributed by atoms with E-state index in [0.717, 1.165) is 0 Å². The molecule has 0 bridgehead atoms. The van der Waals surface area contributed by atoms with E-state index in [0.29, 0.717) is 39.1 Å². The van der Waals surface area contributed by atoms with Crippen LogP contribution in [0.25, 0.3) is 0 Å². The summed E-state index contributed by atoms with van der Waals surface area (Å²) in [4.78, 5) is 31.1. The van der Waals surface area contributed by atoms with E-state index in [9.17, 15) is 14.7 Å². The Hall–Kier alpha value is -2.41. The Morgan fingerprint density at radius 1 is 1.21 bits per heavy atom. The van der Waals surface area contributed by atoms with Crippen LogP contribution < -0.4 is 5.32 Å². The van der Waals surface area contributed by atoms with Gasteiger partial charge in [-0.2, -0.15) is 0 Å². The van der Waals surface area contributed by atoms with Gasteiger partial charge in [0.05, 0.1) is 25.0 Å². The van der Waals surface area contributed by atoms with Crippen LogP contribution in [0.4, 0.5) is 5.82 Å². The van der Waals surface area contributed by atoms with Crippen molar-refractivity contribution in [3.05, 3.63) is 30.5 Å². The lowest BCUT2D eigenvalue weighted by atomic mass is 9.81. The maximum absolute atomic E-state index is 12.8. The summed E-state index contributed by atoms with van der Waals surface area (Å²) in [6, 6.07) is 3.04. The van der Waals surface area contributed by atoms with Gasteiger partial charge in [0.2, 0.25) is 11.8 Å². The number of hydrogen-bond acceptors (Lipinski definition) is 5. The number of carbonyl (C=O) groups excluding carboxylic acids is 2. The zero-order valence-electron chi connectivity index (χ0n) is 13.4. The number of aromatic hydroxyl groups is 1. The molecule has 3 rings (SSSR count). The molecule has 0 saturated carbocycles. The van der Waals surface area contributed by atoms with Crippen molar-refractivity contribution >= 4 is 17.6 Å². The monoisotopic (exact) mass is 331 g/mol. The lowest BCUT2D eigenvalue weighted by Gasteiger charge is -2.34. The molecule has 0 unspecified atom stereocenters. The maximum Gasteiger partial charge on any atom is 0.229 e. The van der Waals surface area contributed by atoms with Crippen LogP contribution in [0.1, 0.15) is 12.8 Å². The number of anilines is 1. The quantitative estimate of drug-likeness (QED) is 0.811. The Morgan fingerprint density at radius 3 is 2.62 bits per heavy atom. The lowest BCUT2D eigenvalue weighted by Crippen LogP contribution is -2.47. The van der Waals surface area contributed by atoms with E-state index in [1.807, 2.05) is 12.2 Å². The average Bonchev–Trinajstić information content (AvgIpc) is 2.63. The summed E-state index contributed by atoms with van der Waals surface area (Å²) in [5.74, 6) is -1.12. The molecule has 24 heavy (non-hydrogen) atoms. The van der Waals surface area contributed by atoms with E-state index in [1.165, 1.54) is 12.3 Å². The van der Waals surface area contributed by atoms with Crippen molar-refractivity contribution in [1.29, 1.82) is 0 Å². The van der Waals surface area contributed by atoms with Crippen molar-refractivity contribution in [2.45, 2.75) is 12.8 Å². The molecule has 7 heteroatoms. The molecule has 1 fully saturated rings. The van der Waals surface area contributed by atoms with Gasteiger partial charge >= 0.3 is 0 Å². The summed E-state index contributed by atoms with van der Waals surface area (Å²) in [5, 5.41) is 12.4. The molecule has 1 aliphatic heterocycles. The van der Waals surface area contributed by atoms with Crippen LogP contribution in [-0.4, -0.2) is 53.1 Å². The fourth-order valence-electron chi connectivity index (χ4n) is 3.10. The maximum atomic E-state index is 12.8. The van der Waals surface area contributed by atoms with Crippen LogP contribution in [0.15, 0.2) is 30.5 Å². The Balaban J connectivity index is 1.72. The van der Waals surface area contributed by atoms with Crippen molar-refractivity contribution in [2.75, 3.05) is 31.6 Å². The van der Waals surface area contributed by atoms with Gasteiger partial charge in [-0.15, -0.1) is 0 Å². The van der Waals surface area contributed by atoms with Gasteiger partial charge in [-0.3, -0.25) is 9.59 Å². The van der Waals surface area contributed by atoms with Gasteiger partial charge in [0.1, 0.15) is 0 Å². The van der Waals surface area contributed by atoms with Crippen molar-refractivity contribution in [3.63, 3.8) is 0 Å². The number of nitrogens with zero attached hydrogens (tertiary/aromatic N) is 2. The molecule has 2 heterocycles. The highest BCUT2D eigenvalue weighted by Crippen LogP contribution is 2.30. The third-order valence-electron chi connectivity index (χ3n) is 4.44. The van der Waals surface area contributed by atoms with Gasteiger partial charge in [-0.1, -0.05) is 12.2 Å². The SMILES string of the molecule is O=C(Nc1ncccc1O)[C@@H]1CC=CC[C@H]1C(=O)N1CCOCC1. The molecule has 2 atom stereocenters. The highest BCUT2D eigenvalue weighted by molar-refractivity contribution is 5.96. The highest BCUT2D eigenvalue weighted by Gasteiger charge is 2.37. The molecule has 1 saturated heterocycles. The van der Waals surface area contributed by atoms with Crippen LogP contribution in [0, 0.1) is 11.8 Å². The Morgan fingerprint density at radius 2 is 1.92 bits per heavy atom. The first-order chi connectivity index (χ1) is 11.7. The van der Waals surface area contributed by atoms with E-state index in [-0.39, 0.29) is 29.3 Å². The predicted molar refractivity (Wildman–Crippen MR) is 87.3 cm³/mol. The van der Waals surface area contributed by atoms with Crippen LogP contribution >= 0.6 is 0 Å². The second kappa shape index (κ2) is 7.44. The van der Waals surface area contributed by atoms with Crippen LogP contribution in [0.2, 0.25) is 0 Å². The van der Waals surface area contributed by atoms with Gasteiger partial charge in [-0.25, -0.2) is 4.98 Å². The first-order valence-electron chi connectivity index (χ1n) is 8.13. The average molecular weight is 331 g/mol. The summed E-state index contributed by atoms with van der Waals surface area (Å²) in [7, 11) is 0. The third-order valence-corrected chi connectivity index (χ3v) is 4.44. The van der Waals surface area contributed by atoms with E-state index in [2.05, 4.69) is 10.3 Å². The molecule has 7 nitrogen and oxygen atoms in total. The lowest BCUT2D eigenvalue weighted by molar-refractivity contribution is -0.144. The van der Waals surface area contributed by atoms with E-state index >= 15 is 0 Å². The second-order valence-corrected chi connectivity index (χ2v) is 5.95. The van der Waals surface area contributed by atoms with Crippen molar-refractivity contribution in [3.8, 4) is 5.75 Å². The van der Waals surface area contributed by atoms with Crippen molar-refractivity contribution in [2.24, 2.45) is 11.8 Å². The molecule has 0 radical (unpaired) electrons. The summed E-state index contributed by atoms with van der Waals surface area (Å²) < 4.78 is 5.28. The minimum absolute atomic E-state index is 0.00644. The standard InChI is InChI=1S/C17H21N3O4/c21-14-6-3-7-18-15(14)19-16(22)12-4-1-2-5-13(12)17(23)20-8-10-24-11-9-20/h1-3,6-7,12-13,21H,4-5,8-11H2,(H,18,19,22)/t12-,13-/m1/s1. The fraction of sp³-hybridized carbons (Fsp3) is 0.471. The summed E-state index contributed by atoms with van der Waals surface area (Å²) in [6.07, 6.45) is 6.41. The molecule has 2 amide bonds. The highest BCUT2D eigenvalue weighted by atomic mass is 16.5. The summed E-state index contributed by atoms with van der Waals surface area (Å²) >= 11 is 0. The van der Waals surface area contributed by atoms with Crippen molar-refractivity contribution in [1.82, 2.24) is 9.88 Å². The number of morpholine rings is 1. The topological polar surface area (TPSA) is 91.8 Å². The molecule has 0 aromatic carbocycles. The number of amides is 2. The molecule has 1 aromatic heterocycles. The molecule has 2 N–H and O–H groups in total. The van der Waals surface area contributed by atoms with E-state index in [1.54, 1.807) is 11.0 Å². The Bertz CT molecular complexity index is 640. The fourth-order valence-corrected chi connectivity index (χ4v) is 3.10. The number of hydrogen-bond donors (Lipinski definition) is 2. The molecular formula is C17H21N3O4. The number of carbonyl (C=O) groups is 2. The molecule has 2 aliphatic rings. The largest absolute Gasteiger partial charge is 0.504 e. The normalized spacial score (nSPS) is 23.8. The number of nitrogens with one attached hydrogen (secondary N) is 1. The van der Waals surface area contributed by atoms with E-state index < -0.39 is 5.92 Å². The van der Waals surface area contributed by atoms with Gasteiger partial charge in [0.15, 0.2) is 11.6 Å². The predicted octanol–water partition coefficient (Wildman–Crippen LogP) is 1.17. The number of rotatable bonds is 3. The summed E-state index contributed by atoms with van der Waals surface area (Å²) in [6.45, 7) is 2.20. The Labute approximate surface area is 140 Å². The second-order valence-electron chi connectivity index (χ2n) is 5.95. The zero-order valence-corrected chi connectivity index (χ0v) is 13.4. The first kappa shape index (κ1) is 16.4. The first-order valence-corrected chi connectivity index (χ1v) is 8.13. The number of ether oxygens (including phenoxy) is 1. The summed E-state index contributed by atoms with van der Waals surface area (Å²) in [5.41, 5.74) is 0. The molecule has 0 spiro atoms. The Kier molecular flexibility index (Phi) is 5.10. The van der Waals surface area contributed by atoms with Gasteiger partial charge in [-0.05, 0) is 25.0 Å². The molecule has 1 aromatic rings. The van der Waals surface area contributed by atoms with Crippen LogP contribution in [0.3, 0.4) is 0 Å². The zero-order chi connectivity index (χ0) is 16.9. The molecule has 1 aliphatic carbocycles. The molecular weight excluding hydrogens is 310 g/mol. The van der Waals surface area contributed by atoms with Gasteiger partial charge < -0.3 is 20.1 Å². The van der Waals surface area contributed by atoms with Gasteiger partial charge in [0, 0.05) is 19.3 Å². The van der Waals surface area contributed by atoms with Gasteiger partial charge in [0.25, 0.3) is 0 Å². The van der Waals surface area contributed by atoms with Crippen molar-refractivity contribution < 1.29 is 19.4 Å². The minimum atomic E-state index is -0.466. The number of pyridine rings is 1. The van der Waals surface area contributed by atoms with Crippen LogP contribution in [-0.2, 0) is 14.3 Å².